The Kier molecular flexibility index (Phi) is 5.48. The lowest BCUT2D eigenvalue weighted by molar-refractivity contribution is -0.138. The number of hydrogen-bond donors (Lipinski definition) is 1. The van der Waals surface area contributed by atoms with Crippen molar-refractivity contribution in [1.29, 1.82) is 0 Å². The molecule has 2 aliphatic heterocycles. The maximum atomic E-state index is 13.2. The normalized spacial score (nSPS) is 23.2. The topological polar surface area (TPSA) is 82.6 Å². The number of thiazole rings is 1. The first-order valence-corrected chi connectivity index (χ1v) is 11.9. The number of nitrogens with zero attached hydrogens (tertiary/aromatic N) is 3. The monoisotopic (exact) mass is 438 g/mol. The number of carbonyl (C=O) groups excluding carboxylic acids is 3. The van der Waals surface area contributed by atoms with Crippen LogP contribution in [0.4, 0.5) is 10.8 Å². The lowest BCUT2D eigenvalue weighted by Gasteiger charge is -2.33. The average molecular weight is 439 g/mol. The highest BCUT2D eigenvalue weighted by atomic mass is 32.1. The Labute approximate surface area is 185 Å². The molecule has 1 N–H and O–H groups in total. The molecule has 0 bridgehead atoms. The molecule has 0 saturated carbocycles. The first kappa shape index (κ1) is 20.2. The van der Waals surface area contributed by atoms with E-state index in [9.17, 15) is 14.4 Å². The highest BCUT2D eigenvalue weighted by Gasteiger charge is 2.39. The number of likely N-dealkylation sites (tertiary alicyclic amines) is 1. The molecule has 1 aliphatic carbocycles. The Morgan fingerprint density at radius 2 is 1.97 bits per heavy atom. The molecule has 5 rings (SSSR count). The first-order valence-electron chi connectivity index (χ1n) is 11.0. The van der Waals surface area contributed by atoms with Gasteiger partial charge in [-0.2, -0.15) is 0 Å². The van der Waals surface area contributed by atoms with Gasteiger partial charge >= 0.3 is 0 Å². The number of nitrogens with one attached hydrogen (secondary N) is 1. The fourth-order valence-electron chi connectivity index (χ4n) is 4.99. The quantitative estimate of drug-likeness (QED) is 0.796. The Hall–Kier alpha value is -2.74. The van der Waals surface area contributed by atoms with Gasteiger partial charge < -0.3 is 15.1 Å². The van der Waals surface area contributed by atoms with Gasteiger partial charge in [0.25, 0.3) is 0 Å². The van der Waals surface area contributed by atoms with Crippen molar-refractivity contribution in [3.05, 3.63) is 40.9 Å². The summed E-state index contributed by atoms with van der Waals surface area (Å²) >= 11 is 1.38. The van der Waals surface area contributed by atoms with Crippen LogP contribution >= 0.6 is 11.3 Å². The van der Waals surface area contributed by atoms with E-state index in [1.54, 1.807) is 16.0 Å². The lowest BCUT2D eigenvalue weighted by atomic mass is 9.95. The second-order valence-electron chi connectivity index (χ2n) is 8.66. The third kappa shape index (κ3) is 4.08. The number of carbonyl (C=O) groups is 3. The zero-order valence-electron chi connectivity index (χ0n) is 17.4. The molecule has 1 aromatic carbocycles. The second-order valence-corrected chi connectivity index (χ2v) is 9.56. The predicted molar refractivity (Wildman–Crippen MR) is 119 cm³/mol. The summed E-state index contributed by atoms with van der Waals surface area (Å²) in [4.78, 5) is 46.1. The fourth-order valence-corrected chi connectivity index (χ4v) is 5.52. The largest absolute Gasteiger partial charge is 0.342 e. The molecule has 2 unspecified atom stereocenters. The van der Waals surface area contributed by atoms with Crippen LogP contribution in [0, 0.1) is 11.8 Å². The molecule has 0 spiro atoms. The van der Waals surface area contributed by atoms with Crippen LogP contribution in [0.5, 0.6) is 0 Å². The third-order valence-corrected chi connectivity index (χ3v) is 7.32. The van der Waals surface area contributed by atoms with Gasteiger partial charge in [-0.1, -0.05) is 6.07 Å². The zero-order chi connectivity index (χ0) is 21.4. The summed E-state index contributed by atoms with van der Waals surface area (Å²) in [6, 6.07) is 6.25. The molecule has 7 nitrogen and oxygen atoms in total. The van der Waals surface area contributed by atoms with Gasteiger partial charge in [-0.3, -0.25) is 14.4 Å². The first-order chi connectivity index (χ1) is 15.1. The van der Waals surface area contributed by atoms with Crippen molar-refractivity contribution in [3.63, 3.8) is 0 Å². The van der Waals surface area contributed by atoms with Gasteiger partial charge in [-0.05, 0) is 55.4 Å². The van der Waals surface area contributed by atoms with Gasteiger partial charge in [0.05, 0.1) is 11.8 Å². The Balaban J connectivity index is 1.23. The summed E-state index contributed by atoms with van der Waals surface area (Å²) in [5.41, 5.74) is 3.60. The fraction of sp³-hybridized carbons (Fsp3) is 0.478. The highest BCUT2D eigenvalue weighted by molar-refractivity contribution is 7.13. The average Bonchev–Trinajstić information content (AvgIpc) is 3.53. The molecule has 0 radical (unpaired) electrons. The smallest absolute Gasteiger partial charge is 0.231 e. The predicted octanol–water partition coefficient (Wildman–Crippen LogP) is 2.86. The Morgan fingerprint density at radius 1 is 1.10 bits per heavy atom. The van der Waals surface area contributed by atoms with Gasteiger partial charge in [0.2, 0.25) is 17.7 Å². The zero-order valence-corrected chi connectivity index (χ0v) is 18.2. The van der Waals surface area contributed by atoms with E-state index in [-0.39, 0.29) is 36.0 Å². The standard InChI is InChI=1S/C23H26N4O3S/c28-20-12-18(14-27(20)19-7-6-15-3-1-4-16(15)11-19)22(30)26-9-2-5-17(13-26)21(29)25-23-24-8-10-31-23/h6-8,10-11,17-18H,1-5,9,12-14H2,(H,24,25,29). The van der Waals surface area contributed by atoms with E-state index in [1.807, 2.05) is 11.4 Å². The molecular formula is C23H26N4O3S. The van der Waals surface area contributed by atoms with E-state index in [4.69, 9.17) is 0 Å². The summed E-state index contributed by atoms with van der Waals surface area (Å²) in [5.74, 6) is -0.683. The van der Waals surface area contributed by atoms with Crippen LogP contribution in [-0.4, -0.2) is 47.2 Å². The molecule has 2 fully saturated rings. The molecule has 1 aromatic heterocycles. The molecule has 162 valence electrons. The summed E-state index contributed by atoms with van der Waals surface area (Å²) in [5, 5.41) is 5.24. The van der Waals surface area contributed by atoms with Crippen molar-refractivity contribution >= 4 is 39.9 Å². The van der Waals surface area contributed by atoms with E-state index in [1.165, 1.54) is 28.9 Å². The summed E-state index contributed by atoms with van der Waals surface area (Å²) in [7, 11) is 0. The van der Waals surface area contributed by atoms with Crippen LogP contribution < -0.4 is 10.2 Å². The number of fused-ring (bicyclic) bond motifs is 1. The van der Waals surface area contributed by atoms with Crippen molar-refractivity contribution in [3.8, 4) is 0 Å². The van der Waals surface area contributed by atoms with Gasteiger partial charge in [0.15, 0.2) is 5.13 Å². The van der Waals surface area contributed by atoms with Crippen LogP contribution in [0.25, 0.3) is 0 Å². The number of aromatic nitrogens is 1. The number of aryl methyl sites for hydroxylation is 2. The minimum Gasteiger partial charge on any atom is -0.342 e. The van der Waals surface area contributed by atoms with Crippen molar-refractivity contribution in [2.75, 3.05) is 29.9 Å². The van der Waals surface area contributed by atoms with Gasteiger partial charge in [-0.25, -0.2) is 4.98 Å². The molecule has 8 heteroatoms. The number of amides is 3. The molecule has 31 heavy (non-hydrogen) atoms. The molecular weight excluding hydrogens is 412 g/mol. The maximum Gasteiger partial charge on any atom is 0.231 e. The number of benzene rings is 1. The van der Waals surface area contributed by atoms with Crippen LogP contribution in [0.1, 0.15) is 36.8 Å². The van der Waals surface area contributed by atoms with E-state index in [0.717, 1.165) is 31.4 Å². The Bertz CT molecular complexity index is 1010. The lowest BCUT2D eigenvalue weighted by Crippen LogP contribution is -2.46. The van der Waals surface area contributed by atoms with Crippen LogP contribution in [-0.2, 0) is 27.2 Å². The van der Waals surface area contributed by atoms with Crippen LogP contribution in [0.15, 0.2) is 29.8 Å². The molecule has 2 saturated heterocycles. The van der Waals surface area contributed by atoms with Crippen molar-refractivity contribution in [2.24, 2.45) is 11.8 Å². The minimum absolute atomic E-state index is 0.00590. The van der Waals surface area contributed by atoms with Crippen molar-refractivity contribution in [2.45, 2.75) is 38.5 Å². The van der Waals surface area contributed by atoms with E-state index >= 15 is 0 Å². The van der Waals surface area contributed by atoms with Crippen LogP contribution in [0.2, 0.25) is 0 Å². The van der Waals surface area contributed by atoms with Crippen molar-refractivity contribution < 1.29 is 14.4 Å². The van der Waals surface area contributed by atoms with Gasteiger partial charge in [-0.15, -0.1) is 11.3 Å². The van der Waals surface area contributed by atoms with Gasteiger partial charge in [0, 0.05) is 43.3 Å². The molecule has 3 aliphatic rings. The molecule has 2 atom stereocenters. The van der Waals surface area contributed by atoms with E-state index in [0.29, 0.717) is 24.8 Å². The minimum atomic E-state index is -0.346. The molecule has 3 heterocycles. The molecule has 2 aromatic rings. The van der Waals surface area contributed by atoms with E-state index in [2.05, 4.69) is 22.4 Å². The highest BCUT2D eigenvalue weighted by Crippen LogP contribution is 2.32. The number of anilines is 2. The summed E-state index contributed by atoms with van der Waals surface area (Å²) in [6.07, 6.45) is 6.77. The molecule has 3 amide bonds. The number of piperidine rings is 1. The van der Waals surface area contributed by atoms with Gasteiger partial charge in [0.1, 0.15) is 0 Å². The maximum absolute atomic E-state index is 13.2. The number of rotatable bonds is 4. The summed E-state index contributed by atoms with van der Waals surface area (Å²) in [6.45, 7) is 1.46. The number of hydrogen-bond acceptors (Lipinski definition) is 5. The third-order valence-electron chi connectivity index (χ3n) is 6.63. The summed E-state index contributed by atoms with van der Waals surface area (Å²) < 4.78 is 0. The Morgan fingerprint density at radius 3 is 2.81 bits per heavy atom. The SMILES string of the molecule is O=C(Nc1nccs1)C1CCCN(C(=O)C2CC(=O)N(c3ccc4c(c3)CCC4)C2)C1. The van der Waals surface area contributed by atoms with E-state index < -0.39 is 0 Å². The van der Waals surface area contributed by atoms with Crippen LogP contribution in [0.3, 0.4) is 0 Å². The second kappa shape index (κ2) is 8.42. The van der Waals surface area contributed by atoms with Crippen molar-refractivity contribution in [1.82, 2.24) is 9.88 Å².